The van der Waals surface area contributed by atoms with Gasteiger partial charge in [-0.15, -0.1) is 0 Å². The second kappa shape index (κ2) is 10.4. The predicted octanol–water partition coefficient (Wildman–Crippen LogP) is 10.7. The van der Waals surface area contributed by atoms with E-state index in [4.69, 9.17) is 0 Å². The number of hydrogen-bond acceptors (Lipinski definition) is 4. The van der Waals surface area contributed by atoms with Crippen LogP contribution in [0.2, 0.25) is 0 Å². The SMILES string of the molecule is CC1(C)c2ccccc2N(c2cccc(S(=O)(=O)c3ccccc3N3c4ccccc4C(C)(C)c4ccccc43)c2)c2ccccc21. The summed E-state index contributed by atoms with van der Waals surface area (Å²) in [7, 11) is -3.96. The third kappa shape index (κ3) is 4.30. The number of rotatable bonds is 4. The lowest BCUT2D eigenvalue weighted by molar-refractivity contribution is 0.596. The zero-order chi connectivity index (χ0) is 32.6. The number of sulfone groups is 1. The van der Waals surface area contributed by atoms with Crippen LogP contribution < -0.4 is 9.80 Å². The Labute approximate surface area is 277 Å². The summed E-state index contributed by atoms with van der Waals surface area (Å²) in [6.45, 7) is 8.96. The molecule has 47 heavy (non-hydrogen) atoms. The van der Waals surface area contributed by atoms with Gasteiger partial charge in [-0.1, -0.05) is 119 Å². The molecule has 0 aliphatic carbocycles. The molecule has 2 heterocycles. The van der Waals surface area contributed by atoms with Crippen LogP contribution in [0.3, 0.4) is 0 Å². The molecule has 2 aliphatic heterocycles. The van der Waals surface area contributed by atoms with Crippen LogP contribution >= 0.6 is 0 Å². The molecular weight excluding hydrogens is 597 g/mol. The lowest BCUT2D eigenvalue weighted by Gasteiger charge is -2.42. The molecule has 0 unspecified atom stereocenters. The molecule has 0 N–H and O–H groups in total. The average Bonchev–Trinajstić information content (AvgIpc) is 3.09. The van der Waals surface area contributed by atoms with Crippen LogP contribution in [0.4, 0.5) is 34.1 Å². The maximum absolute atomic E-state index is 14.8. The summed E-state index contributed by atoms with van der Waals surface area (Å²) >= 11 is 0. The quantitative estimate of drug-likeness (QED) is 0.194. The van der Waals surface area contributed by atoms with Crippen molar-refractivity contribution in [3.05, 3.63) is 168 Å². The van der Waals surface area contributed by atoms with Crippen LogP contribution in [0, 0.1) is 0 Å². The topological polar surface area (TPSA) is 40.6 Å². The second-order valence-electron chi connectivity index (χ2n) is 13.5. The Bertz CT molecular complexity index is 2210. The first-order valence-electron chi connectivity index (χ1n) is 16.0. The highest BCUT2D eigenvalue weighted by Crippen LogP contribution is 2.54. The number of anilines is 6. The van der Waals surface area contributed by atoms with E-state index < -0.39 is 9.84 Å². The Morgan fingerprint density at radius 1 is 0.426 bits per heavy atom. The van der Waals surface area contributed by atoms with E-state index in [1.807, 2.05) is 60.7 Å². The van der Waals surface area contributed by atoms with Crippen molar-refractivity contribution in [1.82, 2.24) is 0 Å². The third-order valence-electron chi connectivity index (χ3n) is 10.1. The van der Waals surface area contributed by atoms with E-state index in [1.165, 1.54) is 11.1 Å². The molecule has 0 amide bonds. The van der Waals surface area contributed by atoms with Gasteiger partial charge in [0.05, 0.1) is 38.2 Å². The Kier molecular flexibility index (Phi) is 6.51. The van der Waals surface area contributed by atoms with Gasteiger partial charge in [-0.2, -0.15) is 0 Å². The van der Waals surface area contributed by atoms with Crippen LogP contribution in [-0.2, 0) is 20.7 Å². The van der Waals surface area contributed by atoms with Crippen molar-refractivity contribution in [2.75, 3.05) is 9.80 Å². The summed E-state index contributed by atoms with van der Waals surface area (Å²) in [6.07, 6.45) is 0. The zero-order valence-electron chi connectivity index (χ0n) is 27.0. The Morgan fingerprint density at radius 2 is 0.809 bits per heavy atom. The smallest absolute Gasteiger partial charge is 0.208 e. The number of nitrogens with zero attached hydrogens (tertiary/aromatic N) is 2. The molecule has 0 aromatic heterocycles. The minimum absolute atomic E-state index is 0.206. The summed E-state index contributed by atoms with van der Waals surface area (Å²) in [6, 6.07) is 48.2. The number of fused-ring (bicyclic) bond motifs is 4. The summed E-state index contributed by atoms with van der Waals surface area (Å²) in [4.78, 5) is 4.83. The van der Waals surface area contributed by atoms with Gasteiger partial charge in [0.1, 0.15) is 0 Å². The molecular formula is C42H36N2O2S. The fourth-order valence-electron chi connectivity index (χ4n) is 7.66. The van der Waals surface area contributed by atoms with Gasteiger partial charge in [0.15, 0.2) is 0 Å². The number of benzene rings is 6. The van der Waals surface area contributed by atoms with Gasteiger partial charge in [-0.25, -0.2) is 8.42 Å². The lowest BCUT2D eigenvalue weighted by Crippen LogP contribution is -2.31. The first kappa shape index (κ1) is 29.3. The average molecular weight is 633 g/mol. The molecule has 5 heteroatoms. The Morgan fingerprint density at radius 3 is 1.28 bits per heavy atom. The van der Waals surface area contributed by atoms with Crippen molar-refractivity contribution in [3.63, 3.8) is 0 Å². The fourth-order valence-corrected chi connectivity index (χ4v) is 9.14. The van der Waals surface area contributed by atoms with E-state index in [1.54, 1.807) is 12.1 Å². The molecule has 6 aromatic rings. The van der Waals surface area contributed by atoms with Crippen LogP contribution in [0.15, 0.2) is 155 Å². The molecule has 232 valence electrons. The zero-order valence-corrected chi connectivity index (χ0v) is 27.8. The van der Waals surface area contributed by atoms with Crippen molar-refractivity contribution >= 4 is 44.0 Å². The van der Waals surface area contributed by atoms with Crippen molar-refractivity contribution in [3.8, 4) is 0 Å². The molecule has 0 bridgehead atoms. The van der Waals surface area contributed by atoms with Crippen LogP contribution in [0.5, 0.6) is 0 Å². The van der Waals surface area contributed by atoms with E-state index in [9.17, 15) is 8.42 Å². The molecule has 0 radical (unpaired) electrons. The Balaban J connectivity index is 1.30. The van der Waals surface area contributed by atoms with Crippen LogP contribution in [0.1, 0.15) is 49.9 Å². The maximum atomic E-state index is 14.8. The monoisotopic (exact) mass is 632 g/mol. The van der Waals surface area contributed by atoms with E-state index in [0.29, 0.717) is 5.69 Å². The molecule has 2 aliphatic rings. The normalized spacial score (nSPS) is 15.7. The van der Waals surface area contributed by atoms with E-state index in [2.05, 4.69) is 110 Å². The van der Waals surface area contributed by atoms with E-state index >= 15 is 0 Å². The minimum Gasteiger partial charge on any atom is -0.310 e. The Hall–Kier alpha value is -5.13. The van der Waals surface area contributed by atoms with Crippen molar-refractivity contribution in [2.45, 2.75) is 48.3 Å². The van der Waals surface area contributed by atoms with E-state index in [-0.39, 0.29) is 20.6 Å². The standard InChI is InChI=1S/C42H36N2O2S/c1-41(2)31-18-5-9-22-35(31)43(36-23-10-6-19-32(36)41)29-16-15-17-30(28-29)47(45,46)40-27-14-13-26-39(40)44-37-24-11-7-20-33(37)42(3,4)34-21-8-12-25-38(34)44/h5-28H,1-4H3. The van der Waals surface area contributed by atoms with Crippen molar-refractivity contribution < 1.29 is 8.42 Å². The molecule has 6 aromatic carbocycles. The summed E-state index contributed by atoms with van der Waals surface area (Å²) in [5.41, 5.74) is 9.74. The van der Waals surface area contributed by atoms with Crippen molar-refractivity contribution in [2.24, 2.45) is 0 Å². The van der Waals surface area contributed by atoms with Gasteiger partial charge in [0, 0.05) is 16.5 Å². The third-order valence-corrected chi connectivity index (χ3v) is 11.9. The summed E-state index contributed by atoms with van der Waals surface area (Å²) < 4.78 is 29.7. The highest BCUT2D eigenvalue weighted by atomic mass is 32.2. The van der Waals surface area contributed by atoms with Gasteiger partial charge in [-0.05, 0) is 76.9 Å². The predicted molar refractivity (Wildman–Crippen MR) is 192 cm³/mol. The van der Waals surface area contributed by atoms with Gasteiger partial charge < -0.3 is 9.80 Å². The molecule has 0 saturated carbocycles. The second-order valence-corrected chi connectivity index (χ2v) is 15.4. The first-order valence-corrected chi connectivity index (χ1v) is 17.5. The summed E-state index contributed by atoms with van der Waals surface area (Å²) in [5, 5.41) is 0. The van der Waals surface area contributed by atoms with Gasteiger partial charge >= 0.3 is 0 Å². The fraction of sp³-hybridized carbons (Fsp3) is 0.143. The van der Waals surface area contributed by atoms with Gasteiger partial charge in [-0.3, -0.25) is 0 Å². The van der Waals surface area contributed by atoms with Gasteiger partial charge in [0.2, 0.25) is 9.84 Å². The van der Waals surface area contributed by atoms with E-state index in [0.717, 1.165) is 39.6 Å². The van der Waals surface area contributed by atoms with Crippen LogP contribution in [-0.4, -0.2) is 8.42 Å². The van der Waals surface area contributed by atoms with Crippen molar-refractivity contribution in [1.29, 1.82) is 0 Å². The molecule has 0 fully saturated rings. The number of hydrogen-bond donors (Lipinski definition) is 0. The highest BCUT2D eigenvalue weighted by Gasteiger charge is 2.39. The number of para-hydroxylation sites is 5. The molecule has 0 spiro atoms. The molecule has 8 rings (SSSR count). The maximum Gasteiger partial charge on any atom is 0.208 e. The minimum atomic E-state index is -3.96. The summed E-state index contributed by atoms with van der Waals surface area (Å²) in [5.74, 6) is 0. The first-order chi connectivity index (χ1) is 22.6. The highest BCUT2D eigenvalue weighted by molar-refractivity contribution is 7.91. The molecule has 0 saturated heterocycles. The molecule has 0 atom stereocenters. The molecule has 4 nitrogen and oxygen atoms in total. The lowest BCUT2D eigenvalue weighted by atomic mass is 9.73. The van der Waals surface area contributed by atoms with Crippen LogP contribution in [0.25, 0.3) is 0 Å². The largest absolute Gasteiger partial charge is 0.310 e. The van der Waals surface area contributed by atoms with Gasteiger partial charge in [0.25, 0.3) is 0 Å².